The third-order valence-electron chi connectivity index (χ3n) is 5.25. The topological polar surface area (TPSA) is 29.1 Å². The minimum atomic E-state index is 0.322. The Hall–Kier alpha value is -0.530. The van der Waals surface area contributed by atoms with Crippen LogP contribution in [0.2, 0.25) is 0 Å². The van der Waals surface area contributed by atoms with E-state index in [2.05, 4.69) is 19.2 Å². The van der Waals surface area contributed by atoms with E-state index in [0.717, 1.165) is 24.2 Å². The van der Waals surface area contributed by atoms with Gasteiger partial charge in [0.1, 0.15) is 0 Å². The van der Waals surface area contributed by atoms with E-state index in [1.807, 2.05) is 0 Å². The van der Waals surface area contributed by atoms with Crippen molar-refractivity contribution in [1.29, 1.82) is 0 Å². The predicted octanol–water partition coefficient (Wildman–Crippen LogP) is 2.58. The van der Waals surface area contributed by atoms with Crippen LogP contribution in [0.3, 0.4) is 0 Å². The van der Waals surface area contributed by atoms with E-state index in [1.54, 1.807) is 0 Å². The van der Waals surface area contributed by atoms with Gasteiger partial charge in [0.15, 0.2) is 0 Å². The molecule has 16 heavy (non-hydrogen) atoms. The molecular weight excluding hydrogens is 198 g/mol. The SMILES string of the molecule is CC1CC1C(=O)NC(C)C1CC2CCC1C2. The zero-order chi connectivity index (χ0) is 11.3. The van der Waals surface area contributed by atoms with E-state index in [1.165, 1.54) is 25.7 Å². The van der Waals surface area contributed by atoms with Crippen LogP contribution < -0.4 is 5.32 Å². The molecule has 2 heteroatoms. The van der Waals surface area contributed by atoms with Crippen LogP contribution in [0, 0.1) is 29.6 Å². The van der Waals surface area contributed by atoms with Crippen molar-refractivity contribution in [3.05, 3.63) is 0 Å². The first-order valence-corrected chi connectivity index (χ1v) is 6.95. The Morgan fingerprint density at radius 2 is 2.00 bits per heavy atom. The second kappa shape index (κ2) is 3.75. The summed E-state index contributed by atoms with van der Waals surface area (Å²) < 4.78 is 0. The molecule has 0 aliphatic heterocycles. The molecule has 0 saturated heterocycles. The summed E-state index contributed by atoms with van der Waals surface area (Å²) in [5, 5.41) is 3.26. The third-order valence-corrected chi connectivity index (χ3v) is 5.25. The molecule has 0 aromatic heterocycles. The largest absolute Gasteiger partial charge is 0.353 e. The van der Waals surface area contributed by atoms with Crippen molar-refractivity contribution >= 4 is 5.91 Å². The molecule has 6 unspecified atom stereocenters. The van der Waals surface area contributed by atoms with Gasteiger partial charge in [-0.2, -0.15) is 0 Å². The van der Waals surface area contributed by atoms with Gasteiger partial charge in [-0.05, 0) is 56.3 Å². The highest BCUT2D eigenvalue weighted by molar-refractivity contribution is 5.81. The maximum atomic E-state index is 11.9. The highest BCUT2D eigenvalue weighted by Gasteiger charge is 2.44. The maximum Gasteiger partial charge on any atom is 0.223 e. The quantitative estimate of drug-likeness (QED) is 0.779. The number of carbonyl (C=O) groups excluding carboxylic acids is 1. The van der Waals surface area contributed by atoms with Crippen LogP contribution in [0.15, 0.2) is 0 Å². The van der Waals surface area contributed by atoms with E-state index in [4.69, 9.17) is 0 Å². The summed E-state index contributed by atoms with van der Waals surface area (Å²) in [5.41, 5.74) is 0. The molecule has 3 aliphatic rings. The third kappa shape index (κ3) is 1.76. The Balaban J connectivity index is 1.53. The van der Waals surface area contributed by atoms with Gasteiger partial charge in [-0.15, -0.1) is 0 Å². The molecule has 3 fully saturated rings. The summed E-state index contributed by atoms with van der Waals surface area (Å²) >= 11 is 0. The van der Waals surface area contributed by atoms with Crippen LogP contribution in [-0.2, 0) is 4.79 Å². The highest BCUT2D eigenvalue weighted by Crippen LogP contribution is 2.49. The maximum absolute atomic E-state index is 11.9. The van der Waals surface area contributed by atoms with Crippen molar-refractivity contribution in [2.75, 3.05) is 0 Å². The van der Waals surface area contributed by atoms with E-state index in [9.17, 15) is 4.79 Å². The fraction of sp³-hybridized carbons (Fsp3) is 0.929. The second-order valence-electron chi connectivity index (χ2n) is 6.46. The summed E-state index contributed by atoms with van der Waals surface area (Å²) in [6.07, 6.45) is 6.77. The van der Waals surface area contributed by atoms with E-state index in [0.29, 0.717) is 23.8 Å². The molecule has 0 spiro atoms. The van der Waals surface area contributed by atoms with Crippen molar-refractivity contribution < 1.29 is 4.79 Å². The lowest BCUT2D eigenvalue weighted by atomic mass is 9.84. The first-order valence-electron chi connectivity index (χ1n) is 6.95. The number of carbonyl (C=O) groups is 1. The molecule has 1 amide bonds. The van der Waals surface area contributed by atoms with Crippen LogP contribution in [0.1, 0.15) is 46.0 Å². The lowest BCUT2D eigenvalue weighted by molar-refractivity contribution is -0.123. The summed E-state index contributed by atoms with van der Waals surface area (Å²) in [7, 11) is 0. The number of amides is 1. The highest BCUT2D eigenvalue weighted by atomic mass is 16.2. The molecule has 0 aromatic rings. The molecule has 0 aromatic carbocycles. The fourth-order valence-electron chi connectivity index (χ4n) is 4.03. The van der Waals surface area contributed by atoms with Crippen LogP contribution in [0.4, 0.5) is 0 Å². The molecule has 1 N–H and O–H groups in total. The zero-order valence-corrected chi connectivity index (χ0v) is 10.4. The average Bonchev–Trinajstić information content (AvgIpc) is 2.71. The van der Waals surface area contributed by atoms with Gasteiger partial charge in [0.2, 0.25) is 5.91 Å². The van der Waals surface area contributed by atoms with Crippen molar-refractivity contribution in [3.8, 4) is 0 Å². The Morgan fingerprint density at radius 3 is 2.50 bits per heavy atom. The smallest absolute Gasteiger partial charge is 0.223 e. The molecular formula is C14H23NO. The van der Waals surface area contributed by atoms with E-state index >= 15 is 0 Å². The molecule has 2 nitrogen and oxygen atoms in total. The molecule has 0 radical (unpaired) electrons. The first-order chi connectivity index (χ1) is 7.65. The molecule has 3 aliphatic carbocycles. The number of hydrogen-bond acceptors (Lipinski definition) is 1. The van der Waals surface area contributed by atoms with Gasteiger partial charge in [0.05, 0.1) is 0 Å². The van der Waals surface area contributed by atoms with Gasteiger partial charge in [-0.25, -0.2) is 0 Å². The minimum absolute atomic E-state index is 0.322. The lowest BCUT2D eigenvalue weighted by Gasteiger charge is -2.28. The lowest BCUT2D eigenvalue weighted by Crippen LogP contribution is -2.41. The standard InChI is InChI=1S/C14H23NO/c1-8-5-12(8)14(16)15-9(2)13-7-10-3-4-11(13)6-10/h8-13H,3-7H2,1-2H3,(H,15,16). The van der Waals surface area contributed by atoms with Crippen molar-refractivity contribution in [2.24, 2.45) is 29.6 Å². The van der Waals surface area contributed by atoms with E-state index < -0.39 is 0 Å². The van der Waals surface area contributed by atoms with Gasteiger partial charge < -0.3 is 5.32 Å². The van der Waals surface area contributed by atoms with Crippen LogP contribution >= 0.6 is 0 Å². The van der Waals surface area contributed by atoms with Crippen LogP contribution in [0.25, 0.3) is 0 Å². The van der Waals surface area contributed by atoms with Gasteiger partial charge in [-0.1, -0.05) is 13.3 Å². The Kier molecular flexibility index (Phi) is 2.49. The number of fused-ring (bicyclic) bond motifs is 2. The normalized spacial score (nSPS) is 46.8. The Bertz CT molecular complexity index is 301. The number of nitrogens with one attached hydrogen (secondary N) is 1. The average molecular weight is 221 g/mol. The summed E-state index contributed by atoms with van der Waals surface area (Å²) in [6, 6.07) is 0.413. The van der Waals surface area contributed by atoms with Crippen LogP contribution in [-0.4, -0.2) is 11.9 Å². The molecule has 2 bridgehead atoms. The Morgan fingerprint density at radius 1 is 1.25 bits per heavy atom. The predicted molar refractivity (Wildman–Crippen MR) is 63.8 cm³/mol. The Labute approximate surface area is 98.2 Å². The van der Waals surface area contributed by atoms with Crippen molar-refractivity contribution in [3.63, 3.8) is 0 Å². The summed E-state index contributed by atoms with van der Waals surface area (Å²) in [4.78, 5) is 11.9. The summed E-state index contributed by atoms with van der Waals surface area (Å²) in [6.45, 7) is 4.39. The van der Waals surface area contributed by atoms with Gasteiger partial charge in [0.25, 0.3) is 0 Å². The number of hydrogen-bond donors (Lipinski definition) is 1. The second-order valence-corrected chi connectivity index (χ2v) is 6.46. The molecule has 3 saturated carbocycles. The molecule has 6 atom stereocenters. The molecule has 0 heterocycles. The van der Waals surface area contributed by atoms with Crippen LogP contribution in [0.5, 0.6) is 0 Å². The number of rotatable bonds is 3. The van der Waals surface area contributed by atoms with Crippen molar-refractivity contribution in [2.45, 2.75) is 52.0 Å². The molecule has 90 valence electrons. The fourth-order valence-corrected chi connectivity index (χ4v) is 4.03. The van der Waals surface area contributed by atoms with E-state index in [-0.39, 0.29) is 0 Å². The van der Waals surface area contributed by atoms with Gasteiger partial charge in [-0.3, -0.25) is 4.79 Å². The summed E-state index contributed by atoms with van der Waals surface area (Å²) in [5.74, 6) is 3.96. The first kappa shape index (κ1) is 10.6. The van der Waals surface area contributed by atoms with Gasteiger partial charge in [0, 0.05) is 12.0 Å². The minimum Gasteiger partial charge on any atom is -0.353 e. The molecule has 3 rings (SSSR count). The van der Waals surface area contributed by atoms with Crippen molar-refractivity contribution in [1.82, 2.24) is 5.32 Å². The zero-order valence-electron chi connectivity index (χ0n) is 10.4. The van der Waals surface area contributed by atoms with Gasteiger partial charge >= 0.3 is 0 Å². The monoisotopic (exact) mass is 221 g/mol.